The predicted octanol–water partition coefficient (Wildman–Crippen LogP) is 3.48. The number of hydrogen-bond donors (Lipinski definition) is 0. The van der Waals surface area contributed by atoms with Crippen molar-refractivity contribution in [2.24, 2.45) is 0 Å². The van der Waals surface area contributed by atoms with Crippen molar-refractivity contribution in [3.63, 3.8) is 0 Å². The Hall–Kier alpha value is -3.26. The van der Waals surface area contributed by atoms with Crippen molar-refractivity contribution in [3.05, 3.63) is 60.2 Å². The van der Waals surface area contributed by atoms with E-state index in [1.165, 1.54) is 4.31 Å². The van der Waals surface area contributed by atoms with E-state index < -0.39 is 10.0 Å². The third-order valence-electron chi connectivity index (χ3n) is 6.48. The van der Waals surface area contributed by atoms with E-state index in [4.69, 9.17) is 9.47 Å². The third-order valence-corrected chi connectivity index (χ3v) is 8.29. The molecule has 1 unspecified atom stereocenters. The fraction of sp³-hybridized carbons (Fsp3) is 0.292. The van der Waals surface area contributed by atoms with Crippen molar-refractivity contribution in [3.8, 4) is 11.5 Å². The maximum atomic E-state index is 13.4. The molecule has 3 aromatic rings. The second kappa shape index (κ2) is 7.13. The van der Waals surface area contributed by atoms with Crippen molar-refractivity contribution in [2.45, 2.75) is 23.8 Å². The van der Waals surface area contributed by atoms with Gasteiger partial charge in [-0.15, -0.1) is 0 Å². The fourth-order valence-electron chi connectivity index (χ4n) is 5.02. The smallest absolute Gasteiger partial charge is 0.265 e. The van der Waals surface area contributed by atoms with Gasteiger partial charge in [-0.3, -0.25) is 9.10 Å². The first-order chi connectivity index (χ1) is 15.5. The van der Waals surface area contributed by atoms with Crippen molar-refractivity contribution >= 4 is 32.4 Å². The van der Waals surface area contributed by atoms with Gasteiger partial charge in [-0.05, 0) is 48.1 Å². The first-order valence-electron chi connectivity index (χ1n) is 10.8. The molecule has 8 heteroatoms. The molecule has 32 heavy (non-hydrogen) atoms. The highest BCUT2D eigenvalue weighted by atomic mass is 32.2. The van der Waals surface area contributed by atoms with E-state index in [1.54, 1.807) is 23.1 Å². The zero-order valence-corrected chi connectivity index (χ0v) is 18.2. The van der Waals surface area contributed by atoms with Crippen LogP contribution in [0.1, 0.15) is 24.4 Å². The minimum atomic E-state index is -3.77. The number of nitrogens with zero attached hydrogens (tertiary/aromatic N) is 2. The molecule has 1 atom stereocenters. The van der Waals surface area contributed by atoms with Crippen molar-refractivity contribution in [2.75, 3.05) is 30.6 Å². The molecular weight excluding hydrogens is 428 g/mol. The summed E-state index contributed by atoms with van der Waals surface area (Å²) in [5, 5.41) is 1.54. The number of fused-ring (bicyclic) bond motifs is 1. The summed E-state index contributed by atoms with van der Waals surface area (Å²) in [4.78, 5) is 15.5. The molecule has 0 radical (unpaired) electrons. The van der Waals surface area contributed by atoms with E-state index >= 15 is 0 Å². The summed E-state index contributed by atoms with van der Waals surface area (Å²) in [7, 11) is -3.77. The first kappa shape index (κ1) is 19.4. The summed E-state index contributed by atoms with van der Waals surface area (Å²) in [6.07, 6.45) is 1.70. The number of ether oxygens (including phenoxy) is 2. The number of likely N-dealkylation sites (tertiary alicyclic amines) is 1. The van der Waals surface area contributed by atoms with Crippen molar-refractivity contribution in [1.29, 1.82) is 0 Å². The number of carbonyl (C=O) groups is 1. The Morgan fingerprint density at radius 3 is 2.62 bits per heavy atom. The minimum absolute atomic E-state index is 0.109. The van der Waals surface area contributed by atoms with Gasteiger partial charge < -0.3 is 14.4 Å². The van der Waals surface area contributed by atoms with Gasteiger partial charge in [-0.1, -0.05) is 30.3 Å². The summed E-state index contributed by atoms with van der Waals surface area (Å²) < 4.78 is 39.1. The largest absolute Gasteiger partial charge is 0.486 e. The lowest BCUT2D eigenvalue weighted by molar-refractivity contribution is -0.130. The maximum absolute atomic E-state index is 13.4. The summed E-state index contributed by atoms with van der Waals surface area (Å²) >= 11 is 0. The summed E-state index contributed by atoms with van der Waals surface area (Å²) in [6, 6.07) is 16.4. The van der Waals surface area contributed by atoms with Gasteiger partial charge in [-0.25, -0.2) is 8.42 Å². The third kappa shape index (κ3) is 2.86. The van der Waals surface area contributed by atoms with Crippen molar-refractivity contribution < 1.29 is 22.7 Å². The van der Waals surface area contributed by atoms with Gasteiger partial charge >= 0.3 is 0 Å². The Bertz CT molecular complexity index is 1350. The predicted molar refractivity (Wildman–Crippen MR) is 120 cm³/mol. The van der Waals surface area contributed by atoms with E-state index in [0.717, 1.165) is 23.8 Å². The van der Waals surface area contributed by atoms with E-state index in [2.05, 4.69) is 0 Å². The molecule has 0 N–H and O–H groups in total. The highest BCUT2D eigenvalue weighted by Gasteiger charge is 2.39. The monoisotopic (exact) mass is 450 g/mol. The molecular formula is C24H22N2O5S. The lowest BCUT2D eigenvalue weighted by atomic mass is 10.0. The number of sulfonamides is 1. The molecule has 3 aliphatic heterocycles. The quantitative estimate of drug-likeness (QED) is 0.611. The molecule has 0 aliphatic carbocycles. The number of hydrogen-bond acceptors (Lipinski definition) is 5. The fourth-order valence-corrected chi connectivity index (χ4v) is 6.68. The number of amides is 1. The first-order valence-corrected chi connectivity index (χ1v) is 12.2. The molecule has 3 aliphatic rings. The van der Waals surface area contributed by atoms with Gasteiger partial charge in [0, 0.05) is 11.9 Å². The van der Waals surface area contributed by atoms with Crippen LogP contribution in [0.3, 0.4) is 0 Å². The summed E-state index contributed by atoms with van der Waals surface area (Å²) in [5.41, 5.74) is 1.55. The average Bonchev–Trinajstić information content (AvgIpc) is 3.38. The number of rotatable bonds is 3. The van der Waals surface area contributed by atoms with Crippen LogP contribution in [0.4, 0.5) is 5.69 Å². The number of anilines is 1. The Kier molecular flexibility index (Phi) is 4.33. The molecule has 0 spiro atoms. The number of benzene rings is 3. The topological polar surface area (TPSA) is 76.2 Å². The van der Waals surface area contributed by atoms with Crippen LogP contribution in [0.15, 0.2) is 59.5 Å². The van der Waals surface area contributed by atoms with E-state index in [-0.39, 0.29) is 23.4 Å². The average molecular weight is 451 g/mol. The van der Waals surface area contributed by atoms with E-state index in [0.29, 0.717) is 42.3 Å². The normalized spacial score (nSPS) is 20.7. The van der Waals surface area contributed by atoms with Gasteiger partial charge in [0.2, 0.25) is 5.91 Å². The Labute approximate surface area is 186 Å². The second-order valence-electron chi connectivity index (χ2n) is 8.29. The molecule has 3 heterocycles. The Morgan fingerprint density at radius 2 is 1.78 bits per heavy atom. The molecule has 3 aromatic carbocycles. The molecule has 1 fully saturated rings. The van der Waals surface area contributed by atoms with Gasteiger partial charge in [0.25, 0.3) is 10.0 Å². The van der Waals surface area contributed by atoms with Gasteiger partial charge in [0.1, 0.15) is 19.8 Å². The summed E-state index contributed by atoms with van der Waals surface area (Å²) in [5.74, 6) is 1.21. The lowest BCUT2D eigenvalue weighted by Crippen LogP contribution is -2.41. The highest BCUT2D eigenvalue weighted by molar-refractivity contribution is 7.93. The second-order valence-corrected chi connectivity index (χ2v) is 10.1. The maximum Gasteiger partial charge on any atom is 0.265 e. The molecule has 1 amide bonds. The van der Waals surface area contributed by atoms with Crippen LogP contribution in [0.2, 0.25) is 0 Å². The van der Waals surface area contributed by atoms with E-state index in [1.807, 2.05) is 36.4 Å². The van der Waals surface area contributed by atoms with Crippen LogP contribution in [0, 0.1) is 0 Å². The summed E-state index contributed by atoms with van der Waals surface area (Å²) in [6.45, 7) is 1.42. The zero-order chi connectivity index (χ0) is 21.9. The van der Waals surface area contributed by atoms with Gasteiger partial charge in [0.05, 0.1) is 16.6 Å². The number of carbonyl (C=O) groups excluding carboxylic acids is 1. The lowest BCUT2D eigenvalue weighted by Gasteiger charge is -2.28. The highest BCUT2D eigenvalue weighted by Crippen LogP contribution is 2.43. The standard InChI is InChI=1S/C24H22N2O5S/c27-23(15-26-19-6-1-4-16-5-2-8-22(24(16)19)32(26,28)29)25-11-3-7-18(25)17-9-10-20-21(14-17)31-13-12-30-20/h1-2,4-6,8-10,14,18H,3,7,11-13,15H2. The van der Waals surface area contributed by atoms with Gasteiger partial charge in [-0.2, -0.15) is 0 Å². The van der Waals surface area contributed by atoms with Crippen LogP contribution in [-0.2, 0) is 14.8 Å². The Morgan fingerprint density at radius 1 is 1.00 bits per heavy atom. The van der Waals surface area contributed by atoms with Crippen molar-refractivity contribution in [1.82, 2.24) is 4.90 Å². The SMILES string of the molecule is O=C(CN1c2cccc3cccc(c23)S1(=O)=O)N1CCCC1c1ccc2c(c1)OCCO2. The molecule has 164 valence electrons. The zero-order valence-electron chi connectivity index (χ0n) is 17.4. The van der Waals surface area contributed by atoms with E-state index in [9.17, 15) is 13.2 Å². The van der Waals surface area contributed by atoms with Crippen LogP contribution >= 0.6 is 0 Å². The van der Waals surface area contributed by atoms with Crippen LogP contribution in [0.25, 0.3) is 10.8 Å². The molecule has 0 bridgehead atoms. The van der Waals surface area contributed by atoms with Crippen LogP contribution < -0.4 is 13.8 Å². The molecule has 1 saturated heterocycles. The van der Waals surface area contributed by atoms with Crippen LogP contribution in [0.5, 0.6) is 11.5 Å². The minimum Gasteiger partial charge on any atom is -0.486 e. The Balaban J connectivity index is 1.30. The molecule has 6 rings (SSSR count). The molecule has 7 nitrogen and oxygen atoms in total. The molecule has 0 saturated carbocycles. The van der Waals surface area contributed by atoms with Gasteiger partial charge in [0.15, 0.2) is 11.5 Å². The van der Waals surface area contributed by atoms with Crippen LogP contribution in [-0.4, -0.2) is 45.5 Å². The molecule has 0 aromatic heterocycles.